The first-order valence-electron chi connectivity index (χ1n) is 11.0. The molecule has 164 valence electrons. The number of aryl methyl sites for hydroxylation is 3. The molecule has 32 heavy (non-hydrogen) atoms. The first-order chi connectivity index (χ1) is 15.4. The Morgan fingerprint density at radius 3 is 2.44 bits per heavy atom. The van der Waals surface area contributed by atoms with Gasteiger partial charge in [-0.25, -0.2) is 4.79 Å². The van der Waals surface area contributed by atoms with E-state index in [-0.39, 0.29) is 11.2 Å². The molecule has 2 aromatic heterocycles. The van der Waals surface area contributed by atoms with E-state index in [2.05, 4.69) is 43.0 Å². The summed E-state index contributed by atoms with van der Waals surface area (Å²) in [5, 5.41) is 0. The number of hydrogen-bond acceptors (Lipinski definition) is 4. The zero-order valence-corrected chi connectivity index (χ0v) is 18.7. The lowest BCUT2D eigenvalue weighted by Crippen LogP contribution is -2.40. The molecule has 2 aromatic carbocycles. The van der Waals surface area contributed by atoms with E-state index in [9.17, 15) is 9.59 Å². The molecular weight excluding hydrogens is 402 g/mol. The summed E-state index contributed by atoms with van der Waals surface area (Å²) >= 11 is 0. The van der Waals surface area contributed by atoms with Crippen LogP contribution in [-0.4, -0.2) is 25.2 Å². The van der Waals surface area contributed by atoms with Crippen molar-refractivity contribution in [2.45, 2.75) is 33.4 Å². The van der Waals surface area contributed by atoms with Gasteiger partial charge in [0, 0.05) is 32.4 Å². The lowest BCUT2D eigenvalue weighted by atomic mass is 10.1. The van der Waals surface area contributed by atoms with Crippen LogP contribution in [0.25, 0.3) is 11.2 Å². The second-order valence-electron chi connectivity index (χ2n) is 8.78. The van der Waals surface area contributed by atoms with E-state index in [4.69, 9.17) is 4.98 Å². The number of benzene rings is 2. The van der Waals surface area contributed by atoms with Gasteiger partial charge in [-0.2, -0.15) is 4.98 Å². The summed E-state index contributed by atoms with van der Waals surface area (Å²) in [6.07, 6.45) is 0.619. The maximum Gasteiger partial charge on any atom is 0.332 e. The number of rotatable bonds is 4. The molecular formula is C25H27N5O2. The number of imidazole rings is 1. The largest absolute Gasteiger partial charge is 0.332 e. The first kappa shape index (κ1) is 20.3. The Morgan fingerprint density at radius 2 is 1.72 bits per heavy atom. The molecule has 7 nitrogen and oxygen atoms in total. The van der Waals surface area contributed by atoms with Crippen LogP contribution >= 0.6 is 0 Å². The highest BCUT2D eigenvalue weighted by atomic mass is 16.2. The highest BCUT2D eigenvalue weighted by molar-refractivity contribution is 5.77. The Balaban J connectivity index is 1.65. The van der Waals surface area contributed by atoms with E-state index in [1.165, 1.54) is 14.7 Å². The third-order valence-electron chi connectivity index (χ3n) is 6.25. The quantitative estimate of drug-likeness (QED) is 0.500. The maximum atomic E-state index is 13.5. The molecule has 5 rings (SSSR count). The van der Waals surface area contributed by atoms with Gasteiger partial charge in [-0.05, 0) is 37.0 Å². The first-order valence-corrected chi connectivity index (χ1v) is 11.0. The number of aromatic nitrogens is 4. The van der Waals surface area contributed by atoms with Crippen molar-refractivity contribution in [1.29, 1.82) is 0 Å². The molecule has 3 heterocycles. The second-order valence-corrected chi connectivity index (χ2v) is 8.78. The van der Waals surface area contributed by atoms with Gasteiger partial charge in [0.25, 0.3) is 5.56 Å². The van der Waals surface area contributed by atoms with Gasteiger partial charge in [-0.1, -0.05) is 55.0 Å². The molecule has 7 heteroatoms. The van der Waals surface area contributed by atoms with Gasteiger partial charge >= 0.3 is 5.69 Å². The van der Waals surface area contributed by atoms with Crippen LogP contribution in [0.2, 0.25) is 0 Å². The summed E-state index contributed by atoms with van der Waals surface area (Å²) in [5.74, 6) is 1.05. The molecule has 0 aliphatic carbocycles. The molecule has 1 aliphatic rings. The minimum atomic E-state index is -0.330. The molecule has 1 aliphatic heterocycles. The predicted molar refractivity (Wildman–Crippen MR) is 127 cm³/mol. The molecule has 0 saturated heterocycles. The van der Waals surface area contributed by atoms with Crippen LogP contribution in [-0.2, 0) is 26.6 Å². The van der Waals surface area contributed by atoms with Gasteiger partial charge in [0.15, 0.2) is 11.2 Å². The molecule has 0 saturated carbocycles. The van der Waals surface area contributed by atoms with Crippen molar-refractivity contribution in [2.75, 3.05) is 11.4 Å². The summed E-state index contributed by atoms with van der Waals surface area (Å²) in [6, 6.07) is 18.2. The molecule has 0 bridgehead atoms. The van der Waals surface area contributed by atoms with Crippen LogP contribution in [0, 0.1) is 12.8 Å². The van der Waals surface area contributed by atoms with Crippen LogP contribution in [0.15, 0.2) is 64.2 Å². The van der Waals surface area contributed by atoms with E-state index in [1.54, 1.807) is 7.05 Å². The standard InChI is InChI=1S/C25H27N5O2/c1-17-9-11-20(12-10-17)29-15-18(2)16-30-21-22(26-24(29)30)27(3)25(32)28(23(21)31)14-13-19-7-5-4-6-8-19/h4-12,18H,13-16H2,1-3H3/t18-/m1/s1. The summed E-state index contributed by atoms with van der Waals surface area (Å²) in [4.78, 5) is 33.5. The molecule has 0 fully saturated rings. The minimum absolute atomic E-state index is 0.268. The van der Waals surface area contributed by atoms with Gasteiger partial charge in [0.1, 0.15) is 0 Å². The number of hydrogen-bond donors (Lipinski definition) is 0. The van der Waals surface area contributed by atoms with E-state index >= 15 is 0 Å². The minimum Gasteiger partial charge on any atom is -0.312 e. The maximum absolute atomic E-state index is 13.5. The van der Waals surface area contributed by atoms with Crippen LogP contribution < -0.4 is 16.1 Å². The fourth-order valence-corrected chi connectivity index (χ4v) is 4.53. The molecule has 0 amide bonds. The average molecular weight is 430 g/mol. The zero-order chi connectivity index (χ0) is 22.4. The van der Waals surface area contributed by atoms with Crippen LogP contribution in [0.4, 0.5) is 11.6 Å². The zero-order valence-electron chi connectivity index (χ0n) is 18.7. The average Bonchev–Trinajstić information content (AvgIpc) is 3.18. The summed E-state index contributed by atoms with van der Waals surface area (Å²) in [6.45, 7) is 6.07. The fourth-order valence-electron chi connectivity index (χ4n) is 4.53. The van der Waals surface area contributed by atoms with E-state index in [1.807, 2.05) is 34.9 Å². The van der Waals surface area contributed by atoms with Crippen molar-refractivity contribution in [3.05, 3.63) is 86.6 Å². The van der Waals surface area contributed by atoms with Crippen molar-refractivity contribution in [3.63, 3.8) is 0 Å². The monoisotopic (exact) mass is 429 g/mol. The number of fused-ring (bicyclic) bond motifs is 3. The van der Waals surface area contributed by atoms with Gasteiger partial charge < -0.3 is 9.47 Å². The van der Waals surface area contributed by atoms with Gasteiger partial charge in [-0.15, -0.1) is 0 Å². The molecule has 0 unspecified atom stereocenters. The fraction of sp³-hybridized carbons (Fsp3) is 0.320. The Hall–Kier alpha value is -3.61. The highest BCUT2D eigenvalue weighted by Gasteiger charge is 2.29. The van der Waals surface area contributed by atoms with Crippen molar-refractivity contribution in [2.24, 2.45) is 13.0 Å². The SMILES string of the molecule is Cc1ccc(N2C[C@@H](C)Cn3c2nc2c3c(=O)n(CCc3ccccc3)c(=O)n2C)cc1. The van der Waals surface area contributed by atoms with Crippen molar-refractivity contribution < 1.29 is 0 Å². The Morgan fingerprint density at radius 1 is 1.00 bits per heavy atom. The third kappa shape index (κ3) is 3.34. The van der Waals surface area contributed by atoms with Crippen molar-refractivity contribution in [3.8, 4) is 0 Å². The van der Waals surface area contributed by atoms with Gasteiger partial charge in [-0.3, -0.25) is 13.9 Å². The van der Waals surface area contributed by atoms with Gasteiger partial charge in [0.2, 0.25) is 5.95 Å². The van der Waals surface area contributed by atoms with Gasteiger partial charge in [0.05, 0.1) is 0 Å². The molecule has 0 spiro atoms. The van der Waals surface area contributed by atoms with Crippen molar-refractivity contribution >= 4 is 22.8 Å². The summed E-state index contributed by atoms with van der Waals surface area (Å²) < 4.78 is 4.84. The van der Waals surface area contributed by atoms with E-state index in [0.29, 0.717) is 36.6 Å². The van der Waals surface area contributed by atoms with Crippen LogP contribution in [0.5, 0.6) is 0 Å². The predicted octanol–water partition coefficient (Wildman–Crippen LogP) is 3.24. The third-order valence-corrected chi connectivity index (χ3v) is 6.25. The normalized spacial score (nSPS) is 15.8. The molecule has 0 radical (unpaired) electrons. The summed E-state index contributed by atoms with van der Waals surface area (Å²) in [5.41, 5.74) is 3.66. The van der Waals surface area contributed by atoms with E-state index < -0.39 is 0 Å². The molecule has 4 aromatic rings. The summed E-state index contributed by atoms with van der Waals surface area (Å²) in [7, 11) is 1.70. The van der Waals surface area contributed by atoms with Crippen LogP contribution in [0.1, 0.15) is 18.1 Å². The van der Waals surface area contributed by atoms with Crippen LogP contribution in [0.3, 0.4) is 0 Å². The Bertz CT molecular complexity index is 1400. The number of anilines is 2. The lowest BCUT2D eigenvalue weighted by Gasteiger charge is -2.33. The lowest BCUT2D eigenvalue weighted by molar-refractivity contribution is 0.457. The highest BCUT2D eigenvalue weighted by Crippen LogP contribution is 2.32. The van der Waals surface area contributed by atoms with Crippen molar-refractivity contribution in [1.82, 2.24) is 18.7 Å². The number of nitrogens with zero attached hydrogens (tertiary/aromatic N) is 5. The van der Waals surface area contributed by atoms with E-state index in [0.717, 1.165) is 23.7 Å². The Kier molecular flexibility index (Phi) is 4.96. The topological polar surface area (TPSA) is 65.1 Å². The molecule has 0 N–H and O–H groups in total. The second kappa shape index (κ2) is 7.82. The smallest absolute Gasteiger partial charge is 0.312 e. The Labute approximate surface area is 186 Å². The molecule has 1 atom stereocenters.